The van der Waals surface area contributed by atoms with E-state index in [1.54, 1.807) is 6.07 Å². The van der Waals surface area contributed by atoms with Crippen LogP contribution in [0.25, 0.3) is 0 Å². The molecule has 0 aromatic heterocycles. The van der Waals surface area contributed by atoms with Crippen LogP contribution in [-0.2, 0) is 19.4 Å². The molecule has 0 radical (unpaired) electrons. The third-order valence-corrected chi connectivity index (χ3v) is 4.06. The van der Waals surface area contributed by atoms with E-state index >= 15 is 0 Å². The van der Waals surface area contributed by atoms with Gasteiger partial charge in [-0.15, -0.1) is 0 Å². The Morgan fingerprint density at radius 3 is 2.70 bits per heavy atom. The third kappa shape index (κ3) is 3.20. The Hall–Kier alpha value is -1.80. The summed E-state index contributed by atoms with van der Waals surface area (Å²) < 4.78 is 0. The molecular formula is C18H21NO. The number of rotatable bonds is 4. The van der Waals surface area contributed by atoms with Crippen LogP contribution in [0.2, 0.25) is 0 Å². The van der Waals surface area contributed by atoms with Crippen LogP contribution >= 0.6 is 0 Å². The normalized spacial score (nSPS) is 15.0. The van der Waals surface area contributed by atoms with Gasteiger partial charge in [0.15, 0.2) is 0 Å². The van der Waals surface area contributed by atoms with Crippen molar-refractivity contribution in [1.82, 2.24) is 4.90 Å². The number of benzene rings is 2. The van der Waals surface area contributed by atoms with Gasteiger partial charge in [-0.1, -0.05) is 36.4 Å². The van der Waals surface area contributed by atoms with Crippen molar-refractivity contribution in [2.75, 3.05) is 13.1 Å². The maximum Gasteiger partial charge on any atom is 0.115 e. The Morgan fingerprint density at radius 2 is 1.85 bits per heavy atom. The van der Waals surface area contributed by atoms with Crippen molar-refractivity contribution in [2.45, 2.75) is 25.8 Å². The number of fused-ring (bicyclic) bond motifs is 1. The number of aromatic hydroxyl groups is 1. The van der Waals surface area contributed by atoms with Gasteiger partial charge in [0.05, 0.1) is 0 Å². The Bertz CT molecular complexity index is 579. The van der Waals surface area contributed by atoms with E-state index < -0.39 is 0 Å². The van der Waals surface area contributed by atoms with Gasteiger partial charge >= 0.3 is 0 Å². The van der Waals surface area contributed by atoms with Crippen LogP contribution in [0.15, 0.2) is 48.5 Å². The SMILES string of the molecule is Oc1cccc(CCCN2CCc3ccccc3C2)c1. The number of phenols is 1. The molecule has 3 rings (SSSR count). The van der Waals surface area contributed by atoms with Gasteiger partial charge in [0.1, 0.15) is 5.75 Å². The molecule has 0 unspecified atom stereocenters. The molecule has 0 saturated carbocycles. The van der Waals surface area contributed by atoms with Gasteiger partial charge in [-0.3, -0.25) is 4.90 Å². The zero-order valence-corrected chi connectivity index (χ0v) is 11.8. The van der Waals surface area contributed by atoms with E-state index in [9.17, 15) is 5.11 Å². The molecule has 1 aliphatic heterocycles. The molecule has 0 spiro atoms. The van der Waals surface area contributed by atoms with E-state index in [1.807, 2.05) is 12.1 Å². The van der Waals surface area contributed by atoms with Gasteiger partial charge < -0.3 is 5.11 Å². The van der Waals surface area contributed by atoms with E-state index in [0.29, 0.717) is 5.75 Å². The zero-order chi connectivity index (χ0) is 13.8. The minimum Gasteiger partial charge on any atom is -0.508 e. The fourth-order valence-electron chi connectivity index (χ4n) is 2.96. The van der Waals surface area contributed by atoms with Gasteiger partial charge in [0.25, 0.3) is 0 Å². The van der Waals surface area contributed by atoms with Crippen LogP contribution < -0.4 is 0 Å². The molecule has 1 heterocycles. The summed E-state index contributed by atoms with van der Waals surface area (Å²) in [5.41, 5.74) is 4.22. The highest BCUT2D eigenvalue weighted by Gasteiger charge is 2.14. The highest BCUT2D eigenvalue weighted by Crippen LogP contribution is 2.19. The van der Waals surface area contributed by atoms with Crippen molar-refractivity contribution in [3.8, 4) is 5.75 Å². The molecule has 0 amide bonds. The first-order valence-electron chi connectivity index (χ1n) is 7.38. The Balaban J connectivity index is 1.51. The zero-order valence-electron chi connectivity index (χ0n) is 11.8. The summed E-state index contributed by atoms with van der Waals surface area (Å²) in [6.45, 7) is 3.37. The molecule has 2 aromatic carbocycles. The summed E-state index contributed by atoms with van der Waals surface area (Å²) in [6.07, 6.45) is 3.35. The Kier molecular flexibility index (Phi) is 4.03. The van der Waals surface area contributed by atoms with E-state index in [2.05, 4.69) is 35.2 Å². The molecule has 0 atom stereocenters. The number of phenolic OH excluding ortho intramolecular Hbond substituents is 1. The van der Waals surface area contributed by atoms with Crippen LogP contribution in [0.1, 0.15) is 23.1 Å². The largest absolute Gasteiger partial charge is 0.508 e. The second-order valence-electron chi connectivity index (χ2n) is 5.57. The number of hydrogen-bond acceptors (Lipinski definition) is 2. The van der Waals surface area contributed by atoms with E-state index in [1.165, 1.54) is 23.1 Å². The van der Waals surface area contributed by atoms with Gasteiger partial charge in [0, 0.05) is 13.1 Å². The number of nitrogens with zero attached hydrogens (tertiary/aromatic N) is 1. The van der Waals surface area contributed by atoms with Gasteiger partial charge in [0.2, 0.25) is 0 Å². The first-order valence-corrected chi connectivity index (χ1v) is 7.38. The lowest BCUT2D eigenvalue weighted by Crippen LogP contribution is -2.31. The monoisotopic (exact) mass is 267 g/mol. The Morgan fingerprint density at radius 1 is 1.00 bits per heavy atom. The predicted octanol–water partition coefficient (Wildman–Crippen LogP) is 3.38. The van der Waals surface area contributed by atoms with E-state index in [0.717, 1.165) is 32.5 Å². The Labute approximate surface area is 120 Å². The van der Waals surface area contributed by atoms with Crippen LogP contribution in [-0.4, -0.2) is 23.1 Å². The third-order valence-electron chi connectivity index (χ3n) is 4.06. The molecule has 2 nitrogen and oxygen atoms in total. The molecule has 0 fully saturated rings. The smallest absolute Gasteiger partial charge is 0.115 e. The van der Waals surface area contributed by atoms with Crippen LogP contribution in [0, 0.1) is 0 Å². The fourth-order valence-corrected chi connectivity index (χ4v) is 2.96. The number of hydrogen-bond donors (Lipinski definition) is 1. The predicted molar refractivity (Wildman–Crippen MR) is 81.9 cm³/mol. The van der Waals surface area contributed by atoms with Gasteiger partial charge in [-0.2, -0.15) is 0 Å². The lowest BCUT2D eigenvalue weighted by molar-refractivity contribution is 0.251. The van der Waals surface area contributed by atoms with Crippen LogP contribution in [0.3, 0.4) is 0 Å². The minimum atomic E-state index is 0.370. The first-order chi connectivity index (χ1) is 9.81. The van der Waals surface area contributed by atoms with Crippen LogP contribution in [0.5, 0.6) is 5.75 Å². The molecule has 1 aliphatic rings. The fraction of sp³-hybridized carbons (Fsp3) is 0.333. The standard InChI is InChI=1S/C18H21NO/c20-18-9-3-5-15(13-18)6-4-11-19-12-10-16-7-1-2-8-17(16)14-19/h1-3,5,7-9,13,20H,4,6,10-12,14H2. The molecule has 0 bridgehead atoms. The summed E-state index contributed by atoms with van der Waals surface area (Å²) in [6, 6.07) is 16.4. The van der Waals surface area contributed by atoms with E-state index in [4.69, 9.17) is 0 Å². The summed E-state index contributed by atoms with van der Waals surface area (Å²) in [5.74, 6) is 0.370. The summed E-state index contributed by atoms with van der Waals surface area (Å²) in [4.78, 5) is 2.53. The second kappa shape index (κ2) is 6.10. The first kappa shape index (κ1) is 13.2. The van der Waals surface area contributed by atoms with Crippen molar-refractivity contribution in [1.29, 1.82) is 0 Å². The van der Waals surface area contributed by atoms with Crippen molar-refractivity contribution in [2.24, 2.45) is 0 Å². The lowest BCUT2D eigenvalue weighted by Gasteiger charge is -2.28. The quantitative estimate of drug-likeness (QED) is 0.918. The minimum absolute atomic E-state index is 0.370. The van der Waals surface area contributed by atoms with Crippen LogP contribution in [0.4, 0.5) is 0 Å². The molecule has 0 aliphatic carbocycles. The van der Waals surface area contributed by atoms with Crippen molar-refractivity contribution in [3.63, 3.8) is 0 Å². The van der Waals surface area contributed by atoms with Gasteiger partial charge in [-0.25, -0.2) is 0 Å². The topological polar surface area (TPSA) is 23.5 Å². The summed E-state index contributed by atoms with van der Waals surface area (Å²) in [7, 11) is 0. The maximum atomic E-state index is 9.46. The van der Waals surface area contributed by atoms with E-state index in [-0.39, 0.29) is 0 Å². The van der Waals surface area contributed by atoms with Crippen molar-refractivity contribution >= 4 is 0 Å². The highest BCUT2D eigenvalue weighted by molar-refractivity contribution is 5.29. The molecule has 0 saturated heterocycles. The molecule has 20 heavy (non-hydrogen) atoms. The van der Waals surface area contributed by atoms with Crippen molar-refractivity contribution in [3.05, 3.63) is 65.2 Å². The molecule has 104 valence electrons. The van der Waals surface area contributed by atoms with Gasteiger partial charge in [-0.05, 0) is 54.6 Å². The summed E-state index contributed by atoms with van der Waals surface area (Å²) in [5, 5.41) is 9.46. The molecular weight excluding hydrogens is 246 g/mol. The molecule has 2 heteroatoms. The highest BCUT2D eigenvalue weighted by atomic mass is 16.3. The van der Waals surface area contributed by atoms with Crippen molar-refractivity contribution < 1.29 is 5.11 Å². The average molecular weight is 267 g/mol. The summed E-state index contributed by atoms with van der Waals surface area (Å²) >= 11 is 0. The molecule has 1 N–H and O–H groups in total. The molecule has 2 aromatic rings. The maximum absolute atomic E-state index is 9.46. The number of aryl methyl sites for hydroxylation is 1. The average Bonchev–Trinajstić information content (AvgIpc) is 2.47. The second-order valence-corrected chi connectivity index (χ2v) is 5.57. The lowest BCUT2D eigenvalue weighted by atomic mass is 9.99.